The van der Waals surface area contributed by atoms with Crippen LogP contribution in [0.4, 0.5) is 5.69 Å². The van der Waals surface area contributed by atoms with Crippen molar-refractivity contribution < 1.29 is 17.9 Å². The molecule has 0 aromatic heterocycles. The molecular weight excluding hydrogens is 242 g/mol. The Morgan fingerprint density at radius 1 is 1.35 bits per heavy atom. The number of hydrogen-bond donors (Lipinski definition) is 1. The SMILES string of the molecule is COc1ccc(N)cc1OC1CCS(=O)(=O)C1. The van der Waals surface area contributed by atoms with E-state index in [4.69, 9.17) is 15.2 Å². The number of anilines is 1. The van der Waals surface area contributed by atoms with Gasteiger partial charge in [0.1, 0.15) is 6.10 Å². The van der Waals surface area contributed by atoms with E-state index < -0.39 is 9.84 Å². The fraction of sp³-hybridized carbons (Fsp3) is 0.455. The maximum absolute atomic E-state index is 11.3. The number of nitrogen functional groups attached to an aromatic ring is 1. The molecule has 17 heavy (non-hydrogen) atoms. The van der Waals surface area contributed by atoms with Gasteiger partial charge in [-0.25, -0.2) is 8.42 Å². The topological polar surface area (TPSA) is 78.6 Å². The fourth-order valence-electron chi connectivity index (χ4n) is 1.82. The maximum Gasteiger partial charge on any atom is 0.163 e. The summed E-state index contributed by atoms with van der Waals surface area (Å²) in [6.45, 7) is 0. The van der Waals surface area contributed by atoms with Crippen molar-refractivity contribution in [1.29, 1.82) is 0 Å². The molecule has 1 fully saturated rings. The van der Waals surface area contributed by atoms with Crippen LogP contribution in [-0.2, 0) is 9.84 Å². The van der Waals surface area contributed by atoms with Gasteiger partial charge >= 0.3 is 0 Å². The van der Waals surface area contributed by atoms with Crippen molar-refractivity contribution in [3.05, 3.63) is 18.2 Å². The number of rotatable bonds is 3. The second-order valence-electron chi connectivity index (χ2n) is 4.05. The van der Waals surface area contributed by atoms with Crippen molar-refractivity contribution in [2.24, 2.45) is 0 Å². The molecule has 2 rings (SSSR count). The van der Waals surface area contributed by atoms with Gasteiger partial charge in [0.2, 0.25) is 0 Å². The molecule has 0 radical (unpaired) electrons. The first-order valence-corrected chi connectivity index (χ1v) is 7.13. The largest absolute Gasteiger partial charge is 0.493 e. The predicted octanol–water partition coefficient (Wildman–Crippen LogP) is 0.843. The van der Waals surface area contributed by atoms with Gasteiger partial charge in [0.25, 0.3) is 0 Å². The quantitative estimate of drug-likeness (QED) is 0.812. The van der Waals surface area contributed by atoms with E-state index in [1.54, 1.807) is 18.2 Å². The summed E-state index contributed by atoms with van der Waals surface area (Å²) in [5, 5.41) is 0. The van der Waals surface area contributed by atoms with E-state index in [0.717, 1.165) is 0 Å². The van der Waals surface area contributed by atoms with Crippen LogP contribution >= 0.6 is 0 Å². The van der Waals surface area contributed by atoms with Crippen LogP contribution in [0.1, 0.15) is 6.42 Å². The third kappa shape index (κ3) is 2.82. The number of ether oxygens (including phenoxy) is 2. The van der Waals surface area contributed by atoms with E-state index >= 15 is 0 Å². The average Bonchev–Trinajstić information content (AvgIpc) is 2.58. The highest BCUT2D eigenvalue weighted by Gasteiger charge is 2.30. The minimum Gasteiger partial charge on any atom is -0.493 e. The third-order valence-corrected chi connectivity index (χ3v) is 4.41. The van der Waals surface area contributed by atoms with Crippen molar-refractivity contribution in [3.8, 4) is 11.5 Å². The Kier molecular flexibility index (Phi) is 3.15. The zero-order valence-electron chi connectivity index (χ0n) is 9.55. The average molecular weight is 257 g/mol. The van der Waals surface area contributed by atoms with Crippen molar-refractivity contribution in [2.45, 2.75) is 12.5 Å². The molecule has 5 nitrogen and oxygen atoms in total. The zero-order valence-corrected chi connectivity index (χ0v) is 10.4. The number of hydrogen-bond acceptors (Lipinski definition) is 5. The standard InChI is InChI=1S/C11H15NO4S/c1-15-10-3-2-8(12)6-11(10)16-9-4-5-17(13,14)7-9/h2-3,6,9H,4-5,7,12H2,1H3. The van der Waals surface area contributed by atoms with Crippen LogP contribution in [0.15, 0.2) is 18.2 Å². The van der Waals surface area contributed by atoms with Gasteiger partial charge in [-0.05, 0) is 18.6 Å². The molecule has 94 valence electrons. The summed E-state index contributed by atoms with van der Waals surface area (Å²) in [7, 11) is -1.41. The third-order valence-electron chi connectivity index (χ3n) is 2.67. The van der Waals surface area contributed by atoms with Gasteiger partial charge in [-0.3, -0.25) is 0 Å². The van der Waals surface area contributed by atoms with Crippen LogP contribution in [0, 0.1) is 0 Å². The normalized spacial score (nSPS) is 22.3. The van der Waals surface area contributed by atoms with Gasteiger partial charge in [-0.2, -0.15) is 0 Å². The Morgan fingerprint density at radius 2 is 2.12 bits per heavy atom. The number of nitrogens with two attached hydrogens (primary N) is 1. The lowest BCUT2D eigenvalue weighted by Gasteiger charge is -2.15. The summed E-state index contributed by atoms with van der Waals surface area (Å²) >= 11 is 0. The molecule has 0 bridgehead atoms. The van der Waals surface area contributed by atoms with Crippen LogP contribution < -0.4 is 15.2 Å². The van der Waals surface area contributed by atoms with Gasteiger partial charge in [0.05, 0.1) is 18.6 Å². The van der Waals surface area contributed by atoms with Gasteiger partial charge in [-0.15, -0.1) is 0 Å². The predicted molar refractivity (Wildman–Crippen MR) is 65.1 cm³/mol. The van der Waals surface area contributed by atoms with Gasteiger partial charge in [0.15, 0.2) is 21.3 Å². The lowest BCUT2D eigenvalue weighted by Crippen LogP contribution is -2.18. The van der Waals surface area contributed by atoms with E-state index in [1.807, 2.05) is 0 Å². The lowest BCUT2D eigenvalue weighted by molar-refractivity contribution is 0.218. The highest BCUT2D eigenvalue weighted by molar-refractivity contribution is 7.91. The molecule has 0 saturated carbocycles. The van der Waals surface area contributed by atoms with E-state index in [1.165, 1.54) is 7.11 Å². The van der Waals surface area contributed by atoms with Crippen molar-refractivity contribution in [3.63, 3.8) is 0 Å². The Morgan fingerprint density at radius 3 is 2.71 bits per heavy atom. The summed E-state index contributed by atoms with van der Waals surface area (Å²) < 4.78 is 33.4. The Labute approximate surface area is 100 Å². The Bertz CT molecular complexity index is 512. The van der Waals surface area contributed by atoms with Crippen molar-refractivity contribution in [1.82, 2.24) is 0 Å². The first-order chi connectivity index (χ1) is 8.00. The van der Waals surface area contributed by atoms with Crippen LogP contribution in [0.3, 0.4) is 0 Å². The van der Waals surface area contributed by atoms with Crippen LogP contribution in [0.5, 0.6) is 11.5 Å². The van der Waals surface area contributed by atoms with Gasteiger partial charge in [-0.1, -0.05) is 0 Å². The van der Waals surface area contributed by atoms with Gasteiger partial charge < -0.3 is 15.2 Å². The highest BCUT2D eigenvalue weighted by Crippen LogP contribution is 2.31. The number of methoxy groups -OCH3 is 1. The molecule has 1 atom stereocenters. The molecule has 1 saturated heterocycles. The smallest absolute Gasteiger partial charge is 0.163 e. The Hall–Kier alpha value is -1.43. The second-order valence-corrected chi connectivity index (χ2v) is 6.28. The first kappa shape index (κ1) is 12.0. The molecule has 1 aromatic carbocycles. The van der Waals surface area contributed by atoms with Gasteiger partial charge in [0, 0.05) is 11.8 Å². The summed E-state index contributed by atoms with van der Waals surface area (Å²) in [6, 6.07) is 5.05. The molecule has 1 heterocycles. The summed E-state index contributed by atoms with van der Waals surface area (Å²) in [6.07, 6.45) is 0.205. The van der Waals surface area contributed by atoms with E-state index in [2.05, 4.69) is 0 Å². The molecule has 0 aliphatic carbocycles. The summed E-state index contributed by atoms with van der Waals surface area (Å²) in [5.74, 6) is 1.30. The molecule has 6 heteroatoms. The maximum atomic E-state index is 11.3. The monoisotopic (exact) mass is 257 g/mol. The molecule has 1 aliphatic rings. The minimum absolute atomic E-state index is 0.0605. The van der Waals surface area contributed by atoms with Crippen LogP contribution in [0.2, 0.25) is 0 Å². The molecule has 2 N–H and O–H groups in total. The lowest BCUT2D eigenvalue weighted by atomic mass is 10.2. The Balaban J connectivity index is 2.16. The van der Waals surface area contributed by atoms with Crippen molar-refractivity contribution in [2.75, 3.05) is 24.3 Å². The number of benzene rings is 1. The fourth-order valence-corrected chi connectivity index (χ4v) is 3.41. The molecule has 1 unspecified atom stereocenters. The van der Waals surface area contributed by atoms with Crippen molar-refractivity contribution >= 4 is 15.5 Å². The molecule has 0 amide bonds. The van der Waals surface area contributed by atoms with Crippen LogP contribution in [0.25, 0.3) is 0 Å². The minimum atomic E-state index is -2.94. The molecular formula is C11H15NO4S. The highest BCUT2D eigenvalue weighted by atomic mass is 32.2. The van der Waals surface area contributed by atoms with E-state index in [9.17, 15) is 8.42 Å². The molecule has 1 aromatic rings. The first-order valence-electron chi connectivity index (χ1n) is 5.31. The summed E-state index contributed by atoms with van der Waals surface area (Å²) in [4.78, 5) is 0. The van der Waals surface area contributed by atoms with E-state index in [-0.39, 0.29) is 17.6 Å². The zero-order chi connectivity index (χ0) is 12.5. The summed E-state index contributed by atoms with van der Waals surface area (Å²) in [5.41, 5.74) is 6.21. The molecule has 0 spiro atoms. The number of sulfone groups is 1. The van der Waals surface area contributed by atoms with E-state index in [0.29, 0.717) is 23.6 Å². The van der Waals surface area contributed by atoms with Crippen LogP contribution in [-0.4, -0.2) is 33.1 Å². The molecule has 1 aliphatic heterocycles. The second kappa shape index (κ2) is 4.44.